The minimum atomic E-state index is -3.61. The highest BCUT2D eigenvalue weighted by Crippen LogP contribution is 2.49. The molecular weight excluding hydrogens is 498 g/mol. The Morgan fingerprint density at radius 3 is 2.61 bits per heavy atom. The molecule has 6 atom stereocenters. The van der Waals surface area contributed by atoms with Gasteiger partial charge < -0.3 is 24.4 Å². The predicted molar refractivity (Wildman–Crippen MR) is 129 cm³/mol. The van der Waals surface area contributed by atoms with E-state index in [1.165, 1.54) is 32.8 Å². The van der Waals surface area contributed by atoms with Crippen molar-refractivity contribution in [3.05, 3.63) is 22.7 Å². The molecule has 12 nitrogen and oxygen atoms in total. The Hall–Kier alpha value is -2.18. The molecule has 0 bridgehead atoms. The highest BCUT2D eigenvalue weighted by atomic mass is 31.2. The standard InChI is InChI=1S/C22H36FN4O8P/c1-7-8-17(29)24-16-9-10-27(21(31)25-16)19-18(23)22(5,15(11-28)35-19)12-33-36(6,32)26-14(4)20(30)34-13(2)3/h9-10,13-15,18-19,28H,7-8,11-12H2,1-6H3,(H,26,32)(H,24,25,29,31)/t14-,15+,18-,19-,22?,36?/m0/s1. The van der Waals surface area contributed by atoms with Crippen LogP contribution in [0.2, 0.25) is 0 Å². The zero-order valence-corrected chi connectivity index (χ0v) is 22.3. The van der Waals surface area contributed by atoms with E-state index >= 15 is 4.39 Å². The van der Waals surface area contributed by atoms with Crippen LogP contribution in [0.4, 0.5) is 10.2 Å². The number of esters is 1. The molecule has 1 aliphatic heterocycles. The molecule has 36 heavy (non-hydrogen) atoms. The lowest BCUT2D eigenvalue weighted by molar-refractivity contribution is -0.149. The number of hydrogen-bond acceptors (Lipinski definition) is 9. The van der Waals surface area contributed by atoms with E-state index in [2.05, 4.69) is 15.4 Å². The Kier molecular flexibility index (Phi) is 10.3. The molecule has 0 aromatic carbocycles. The molecule has 0 aliphatic carbocycles. The third-order valence-electron chi connectivity index (χ3n) is 5.69. The molecule has 0 saturated carbocycles. The van der Waals surface area contributed by atoms with Gasteiger partial charge in [-0.1, -0.05) is 13.8 Å². The van der Waals surface area contributed by atoms with Crippen LogP contribution in [-0.2, 0) is 28.2 Å². The summed E-state index contributed by atoms with van der Waals surface area (Å²) in [6, 6.07) is 0.395. The van der Waals surface area contributed by atoms with E-state index in [9.17, 15) is 24.1 Å². The first-order valence-electron chi connectivity index (χ1n) is 11.7. The van der Waals surface area contributed by atoms with Crippen LogP contribution in [0.5, 0.6) is 0 Å². The van der Waals surface area contributed by atoms with Gasteiger partial charge in [0.25, 0.3) is 7.52 Å². The summed E-state index contributed by atoms with van der Waals surface area (Å²) in [7, 11) is -3.61. The fraction of sp³-hybridized carbons (Fsp3) is 0.727. The molecule has 2 heterocycles. The van der Waals surface area contributed by atoms with Crippen molar-refractivity contribution < 1.29 is 37.6 Å². The van der Waals surface area contributed by atoms with Crippen LogP contribution >= 0.6 is 7.52 Å². The smallest absolute Gasteiger partial charge is 0.351 e. The maximum atomic E-state index is 15.7. The third-order valence-corrected chi connectivity index (χ3v) is 7.17. The van der Waals surface area contributed by atoms with E-state index in [1.807, 2.05) is 6.92 Å². The molecule has 3 N–H and O–H groups in total. The normalized spacial score (nSPS) is 26.4. The van der Waals surface area contributed by atoms with E-state index in [-0.39, 0.29) is 24.2 Å². The van der Waals surface area contributed by atoms with Crippen molar-refractivity contribution in [2.45, 2.75) is 78.1 Å². The largest absolute Gasteiger partial charge is 0.462 e. The van der Waals surface area contributed by atoms with Crippen molar-refractivity contribution in [1.29, 1.82) is 0 Å². The number of anilines is 1. The van der Waals surface area contributed by atoms with E-state index < -0.39 is 62.4 Å². The van der Waals surface area contributed by atoms with Gasteiger partial charge in [-0.15, -0.1) is 0 Å². The highest BCUT2D eigenvalue weighted by molar-refractivity contribution is 7.56. The highest BCUT2D eigenvalue weighted by Gasteiger charge is 2.56. The second-order valence-corrected chi connectivity index (χ2v) is 11.6. The summed E-state index contributed by atoms with van der Waals surface area (Å²) in [5.41, 5.74) is -2.36. The minimum absolute atomic E-state index is 0.0241. The van der Waals surface area contributed by atoms with Gasteiger partial charge in [-0.2, -0.15) is 4.98 Å². The first-order chi connectivity index (χ1) is 16.7. The van der Waals surface area contributed by atoms with E-state index in [1.54, 1.807) is 13.8 Å². The van der Waals surface area contributed by atoms with Gasteiger partial charge >= 0.3 is 11.7 Å². The van der Waals surface area contributed by atoms with Crippen molar-refractivity contribution in [1.82, 2.24) is 14.6 Å². The zero-order chi connectivity index (χ0) is 27.3. The predicted octanol–water partition coefficient (Wildman–Crippen LogP) is 1.99. The van der Waals surface area contributed by atoms with Crippen LogP contribution in [0.15, 0.2) is 17.1 Å². The lowest BCUT2D eigenvalue weighted by Gasteiger charge is -2.31. The second-order valence-electron chi connectivity index (χ2n) is 9.36. The number of carbonyl (C=O) groups is 2. The summed E-state index contributed by atoms with van der Waals surface area (Å²) >= 11 is 0. The fourth-order valence-corrected chi connectivity index (χ4v) is 5.08. The summed E-state index contributed by atoms with van der Waals surface area (Å²) in [4.78, 5) is 40.1. The van der Waals surface area contributed by atoms with Gasteiger partial charge in [0.05, 0.1) is 30.8 Å². The van der Waals surface area contributed by atoms with Crippen LogP contribution in [0.1, 0.15) is 53.7 Å². The lowest BCUT2D eigenvalue weighted by atomic mass is 9.82. The first kappa shape index (κ1) is 30.0. The van der Waals surface area contributed by atoms with Crippen molar-refractivity contribution in [3.8, 4) is 0 Å². The van der Waals surface area contributed by atoms with Gasteiger partial charge in [-0.3, -0.25) is 18.7 Å². The van der Waals surface area contributed by atoms with E-state index in [0.717, 1.165) is 4.57 Å². The van der Waals surface area contributed by atoms with Crippen molar-refractivity contribution >= 4 is 25.2 Å². The fourth-order valence-electron chi connectivity index (χ4n) is 3.67. The Morgan fingerprint density at radius 1 is 1.39 bits per heavy atom. The number of amides is 1. The van der Waals surface area contributed by atoms with Gasteiger partial charge in [0.2, 0.25) is 5.91 Å². The summed E-state index contributed by atoms with van der Waals surface area (Å²) in [5.74, 6) is -0.905. The Labute approximate surface area is 209 Å². The molecule has 1 aliphatic rings. The monoisotopic (exact) mass is 534 g/mol. The van der Waals surface area contributed by atoms with E-state index in [0.29, 0.717) is 6.42 Å². The number of halogens is 1. The number of hydrogen-bond donors (Lipinski definition) is 3. The number of nitrogens with zero attached hydrogens (tertiary/aromatic N) is 2. The number of ether oxygens (including phenoxy) is 2. The average molecular weight is 535 g/mol. The molecule has 1 fully saturated rings. The number of nitrogens with one attached hydrogen (secondary N) is 2. The maximum absolute atomic E-state index is 15.7. The number of rotatable bonds is 12. The van der Waals surface area contributed by atoms with Crippen LogP contribution in [0.25, 0.3) is 0 Å². The first-order valence-corrected chi connectivity index (χ1v) is 13.8. The summed E-state index contributed by atoms with van der Waals surface area (Å²) in [6.45, 7) is 8.28. The third kappa shape index (κ3) is 7.42. The molecule has 0 spiro atoms. The molecule has 1 aromatic heterocycles. The number of aliphatic hydroxyl groups is 1. The van der Waals surface area contributed by atoms with Gasteiger partial charge in [-0.05, 0) is 33.3 Å². The topological polar surface area (TPSA) is 158 Å². The molecule has 0 radical (unpaired) electrons. The quantitative estimate of drug-likeness (QED) is 0.267. The SMILES string of the molecule is CCCC(=O)Nc1ccn([C@H]2O[C@H](CO)C(C)(COP(C)(=O)N[C@@H](C)C(=O)OC(C)C)[C@H]2F)c(=O)n1. The molecule has 1 aromatic rings. The number of alkyl halides is 1. The Bertz CT molecular complexity index is 1040. The van der Waals surface area contributed by atoms with Crippen LogP contribution in [-0.4, -0.2) is 70.8 Å². The van der Waals surface area contributed by atoms with Crippen molar-refractivity contribution in [2.75, 3.05) is 25.2 Å². The average Bonchev–Trinajstić information content (AvgIpc) is 3.02. The molecule has 14 heteroatoms. The second kappa shape index (κ2) is 12.4. The van der Waals surface area contributed by atoms with Gasteiger partial charge in [-0.25, -0.2) is 14.3 Å². The van der Waals surface area contributed by atoms with Crippen molar-refractivity contribution in [3.63, 3.8) is 0 Å². The molecule has 1 amide bonds. The number of aromatic nitrogens is 2. The zero-order valence-electron chi connectivity index (χ0n) is 21.4. The van der Waals surface area contributed by atoms with Gasteiger partial charge in [0.15, 0.2) is 12.4 Å². The summed E-state index contributed by atoms with van der Waals surface area (Å²) < 4.78 is 45.8. The summed E-state index contributed by atoms with van der Waals surface area (Å²) in [6.07, 6.45) is -2.65. The van der Waals surface area contributed by atoms with Gasteiger partial charge in [0.1, 0.15) is 11.9 Å². The molecule has 1 saturated heterocycles. The Morgan fingerprint density at radius 2 is 2.06 bits per heavy atom. The van der Waals surface area contributed by atoms with Gasteiger partial charge in [0, 0.05) is 19.3 Å². The molecular formula is C22H36FN4O8P. The Balaban J connectivity index is 2.15. The minimum Gasteiger partial charge on any atom is -0.462 e. The van der Waals surface area contributed by atoms with Crippen LogP contribution in [0, 0.1) is 5.41 Å². The molecule has 204 valence electrons. The van der Waals surface area contributed by atoms with Crippen molar-refractivity contribution in [2.24, 2.45) is 5.41 Å². The maximum Gasteiger partial charge on any atom is 0.351 e. The number of carbonyl (C=O) groups excluding carboxylic acids is 2. The number of aliphatic hydroxyl groups excluding tert-OH is 1. The summed E-state index contributed by atoms with van der Waals surface area (Å²) in [5, 5.41) is 14.9. The molecule has 2 unspecified atom stereocenters. The lowest BCUT2D eigenvalue weighted by Crippen LogP contribution is -2.42. The van der Waals surface area contributed by atoms with E-state index in [4.69, 9.17) is 14.0 Å². The molecule has 2 rings (SSSR count). The van der Waals surface area contributed by atoms with Crippen LogP contribution in [0.3, 0.4) is 0 Å². The van der Waals surface area contributed by atoms with Crippen LogP contribution < -0.4 is 16.1 Å².